The number of H-pyrrole nitrogens is 1. The predicted molar refractivity (Wildman–Crippen MR) is 89.7 cm³/mol. The molecule has 2 aromatic carbocycles. The molecular formula is C19H17FN2O2. The molecule has 4 nitrogen and oxygen atoms in total. The van der Waals surface area contributed by atoms with Crippen LogP contribution >= 0.6 is 0 Å². The molecule has 0 saturated carbocycles. The lowest BCUT2D eigenvalue weighted by Crippen LogP contribution is -2.35. The topological polar surface area (TPSA) is 45.3 Å². The molecule has 4 rings (SSSR count). The van der Waals surface area contributed by atoms with Crippen LogP contribution < -0.4 is 4.74 Å². The van der Waals surface area contributed by atoms with Gasteiger partial charge < -0.3 is 14.6 Å². The molecule has 0 spiro atoms. The summed E-state index contributed by atoms with van der Waals surface area (Å²) in [5.41, 5.74) is 3.77. The second kappa shape index (κ2) is 5.67. The molecule has 0 radical (unpaired) electrons. The highest BCUT2D eigenvalue weighted by Crippen LogP contribution is 2.33. The van der Waals surface area contributed by atoms with Gasteiger partial charge in [-0.3, -0.25) is 4.79 Å². The summed E-state index contributed by atoms with van der Waals surface area (Å²) in [4.78, 5) is 17.9. The Hall–Kier alpha value is -2.82. The first-order valence-electron chi connectivity index (χ1n) is 7.88. The number of amides is 1. The number of benzene rings is 2. The predicted octanol–water partition coefficient (Wildman–Crippen LogP) is 3.51. The number of fused-ring (bicyclic) bond motifs is 3. The second-order valence-electron chi connectivity index (χ2n) is 5.95. The third-order valence-electron chi connectivity index (χ3n) is 4.57. The molecule has 1 amide bonds. The average Bonchev–Trinajstić information content (AvgIpc) is 2.99. The zero-order valence-corrected chi connectivity index (χ0v) is 13.3. The Labute approximate surface area is 138 Å². The fraction of sp³-hybridized carbons (Fsp3) is 0.211. The van der Waals surface area contributed by atoms with E-state index < -0.39 is 0 Å². The molecule has 1 aliphatic rings. The number of hydrogen-bond acceptors (Lipinski definition) is 2. The van der Waals surface area contributed by atoms with Crippen molar-refractivity contribution in [2.75, 3.05) is 13.7 Å². The summed E-state index contributed by atoms with van der Waals surface area (Å²) in [6, 6.07) is 11.6. The third kappa shape index (κ3) is 2.33. The SMILES string of the molecule is COc1cccc2c3c([nH]c12)CCN(C(=O)c1ccc(F)cc1)C3. The zero-order valence-electron chi connectivity index (χ0n) is 13.3. The molecule has 0 atom stereocenters. The summed E-state index contributed by atoms with van der Waals surface area (Å²) in [5, 5.41) is 1.08. The molecule has 0 bridgehead atoms. The van der Waals surface area contributed by atoms with Crippen molar-refractivity contribution in [3.63, 3.8) is 0 Å². The second-order valence-corrected chi connectivity index (χ2v) is 5.95. The lowest BCUT2D eigenvalue weighted by Gasteiger charge is -2.27. The number of nitrogens with zero attached hydrogens (tertiary/aromatic N) is 1. The Balaban J connectivity index is 1.68. The van der Waals surface area contributed by atoms with Crippen LogP contribution in [-0.2, 0) is 13.0 Å². The van der Waals surface area contributed by atoms with E-state index in [2.05, 4.69) is 4.98 Å². The van der Waals surface area contributed by atoms with E-state index in [1.54, 1.807) is 7.11 Å². The molecule has 0 aliphatic carbocycles. The van der Waals surface area contributed by atoms with Crippen molar-refractivity contribution in [2.45, 2.75) is 13.0 Å². The maximum absolute atomic E-state index is 13.1. The van der Waals surface area contributed by atoms with Crippen LogP contribution in [0.2, 0.25) is 0 Å². The molecule has 1 aliphatic heterocycles. The van der Waals surface area contributed by atoms with Crippen LogP contribution in [-0.4, -0.2) is 29.4 Å². The van der Waals surface area contributed by atoms with Crippen LogP contribution in [0.5, 0.6) is 5.75 Å². The van der Waals surface area contributed by atoms with E-state index >= 15 is 0 Å². The van der Waals surface area contributed by atoms with E-state index in [0.29, 0.717) is 18.7 Å². The Morgan fingerprint density at radius 2 is 2.00 bits per heavy atom. The summed E-state index contributed by atoms with van der Waals surface area (Å²) >= 11 is 0. The molecular weight excluding hydrogens is 307 g/mol. The number of carbonyl (C=O) groups is 1. The van der Waals surface area contributed by atoms with Gasteiger partial charge in [-0.15, -0.1) is 0 Å². The van der Waals surface area contributed by atoms with Crippen LogP contribution in [0, 0.1) is 5.82 Å². The molecule has 5 heteroatoms. The first kappa shape index (κ1) is 14.8. The van der Waals surface area contributed by atoms with E-state index in [-0.39, 0.29) is 11.7 Å². The standard InChI is InChI=1S/C19H17FN2O2/c1-24-17-4-2-3-14-15-11-22(10-9-16(15)21-18(14)17)19(23)12-5-7-13(20)8-6-12/h2-8,21H,9-11H2,1H3. The van der Waals surface area contributed by atoms with Gasteiger partial charge in [0.15, 0.2) is 0 Å². The zero-order chi connectivity index (χ0) is 16.7. The van der Waals surface area contributed by atoms with Crippen molar-refractivity contribution in [3.8, 4) is 5.75 Å². The summed E-state index contributed by atoms with van der Waals surface area (Å²) in [6.45, 7) is 1.18. The van der Waals surface area contributed by atoms with Gasteiger partial charge in [-0.05, 0) is 30.3 Å². The lowest BCUT2D eigenvalue weighted by molar-refractivity contribution is 0.0735. The van der Waals surface area contributed by atoms with Crippen molar-refractivity contribution in [1.82, 2.24) is 9.88 Å². The van der Waals surface area contributed by atoms with Crippen LogP contribution in [0.3, 0.4) is 0 Å². The molecule has 1 N–H and O–H groups in total. The number of methoxy groups -OCH3 is 1. The summed E-state index contributed by atoms with van der Waals surface area (Å²) in [5.74, 6) is 0.396. The summed E-state index contributed by atoms with van der Waals surface area (Å²) < 4.78 is 18.5. The fourth-order valence-corrected chi connectivity index (χ4v) is 3.33. The van der Waals surface area contributed by atoms with E-state index in [1.165, 1.54) is 24.3 Å². The number of rotatable bonds is 2. The highest BCUT2D eigenvalue weighted by molar-refractivity contribution is 5.95. The Morgan fingerprint density at radius 1 is 1.21 bits per heavy atom. The number of hydrogen-bond donors (Lipinski definition) is 1. The summed E-state index contributed by atoms with van der Waals surface area (Å²) in [7, 11) is 1.65. The van der Waals surface area contributed by atoms with Crippen molar-refractivity contribution < 1.29 is 13.9 Å². The Morgan fingerprint density at radius 3 is 2.75 bits per heavy atom. The van der Waals surface area contributed by atoms with E-state index in [9.17, 15) is 9.18 Å². The minimum absolute atomic E-state index is 0.0714. The maximum Gasteiger partial charge on any atom is 0.254 e. The molecule has 0 fully saturated rings. The minimum atomic E-state index is -0.337. The van der Waals surface area contributed by atoms with Gasteiger partial charge in [0, 0.05) is 41.7 Å². The highest BCUT2D eigenvalue weighted by atomic mass is 19.1. The third-order valence-corrected chi connectivity index (χ3v) is 4.57. The lowest BCUT2D eigenvalue weighted by atomic mass is 10.0. The van der Waals surface area contributed by atoms with Crippen molar-refractivity contribution >= 4 is 16.8 Å². The van der Waals surface area contributed by atoms with E-state index in [1.807, 2.05) is 23.1 Å². The van der Waals surface area contributed by atoms with Crippen LogP contribution in [0.25, 0.3) is 10.9 Å². The van der Waals surface area contributed by atoms with Crippen molar-refractivity contribution in [2.24, 2.45) is 0 Å². The van der Waals surface area contributed by atoms with Crippen LogP contribution in [0.15, 0.2) is 42.5 Å². The quantitative estimate of drug-likeness (QED) is 0.784. The van der Waals surface area contributed by atoms with Gasteiger partial charge in [-0.2, -0.15) is 0 Å². The molecule has 1 aromatic heterocycles. The van der Waals surface area contributed by atoms with Gasteiger partial charge in [-0.1, -0.05) is 12.1 Å². The smallest absolute Gasteiger partial charge is 0.254 e. The number of carbonyl (C=O) groups excluding carboxylic acids is 1. The number of aromatic amines is 1. The van der Waals surface area contributed by atoms with Crippen LogP contribution in [0.1, 0.15) is 21.6 Å². The van der Waals surface area contributed by atoms with E-state index in [4.69, 9.17) is 4.74 Å². The van der Waals surface area contributed by atoms with Gasteiger partial charge in [0.05, 0.1) is 12.6 Å². The Kier molecular flexibility index (Phi) is 3.49. The average molecular weight is 324 g/mol. The molecule has 122 valence electrons. The van der Waals surface area contributed by atoms with E-state index in [0.717, 1.165) is 34.3 Å². The highest BCUT2D eigenvalue weighted by Gasteiger charge is 2.25. The van der Waals surface area contributed by atoms with Crippen molar-refractivity contribution in [3.05, 3.63) is 65.1 Å². The number of para-hydroxylation sites is 1. The Bertz CT molecular complexity index is 915. The first-order valence-corrected chi connectivity index (χ1v) is 7.88. The van der Waals surface area contributed by atoms with Gasteiger partial charge >= 0.3 is 0 Å². The van der Waals surface area contributed by atoms with Gasteiger partial charge in [0.25, 0.3) is 5.91 Å². The molecule has 0 unspecified atom stereocenters. The van der Waals surface area contributed by atoms with Gasteiger partial charge in [-0.25, -0.2) is 4.39 Å². The minimum Gasteiger partial charge on any atom is -0.495 e. The normalized spacial score (nSPS) is 13.8. The fourth-order valence-electron chi connectivity index (χ4n) is 3.33. The van der Waals surface area contributed by atoms with Crippen LogP contribution in [0.4, 0.5) is 4.39 Å². The van der Waals surface area contributed by atoms with Gasteiger partial charge in [0.2, 0.25) is 0 Å². The molecule has 24 heavy (non-hydrogen) atoms. The number of aromatic nitrogens is 1. The van der Waals surface area contributed by atoms with Gasteiger partial charge in [0.1, 0.15) is 11.6 Å². The molecule has 3 aromatic rings. The largest absolute Gasteiger partial charge is 0.495 e. The monoisotopic (exact) mass is 324 g/mol. The number of ether oxygens (including phenoxy) is 1. The maximum atomic E-state index is 13.1. The first-order chi connectivity index (χ1) is 11.7. The number of nitrogens with one attached hydrogen (secondary N) is 1. The molecule has 0 saturated heterocycles. The summed E-state index contributed by atoms with van der Waals surface area (Å²) in [6.07, 6.45) is 0.764. The number of halogens is 1. The molecule has 2 heterocycles. The van der Waals surface area contributed by atoms with Crippen molar-refractivity contribution in [1.29, 1.82) is 0 Å².